The summed E-state index contributed by atoms with van der Waals surface area (Å²) in [7, 11) is 0. The van der Waals surface area contributed by atoms with Gasteiger partial charge in [-0.05, 0) is 61.5 Å². The van der Waals surface area contributed by atoms with Gasteiger partial charge in [0.05, 0.1) is 17.1 Å². The summed E-state index contributed by atoms with van der Waals surface area (Å²) >= 11 is 7.92. The number of benzene rings is 2. The molecule has 6 nitrogen and oxygen atoms in total. The first-order chi connectivity index (χ1) is 15.3. The van der Waals surface area contributed by atoms with Gasteiger partial charge in [-0.1, -0.05) is 23.7 Å². The number of nitrogen functional groups attached to an aromatic ring is 1. The zero-order chi connectivity index (χ0) is 22.5. The lowest BCUT2D eigenvalue weighted by Gasteiger charge is -2.42. The predicted octanol–water partition coefficient (Wildman–Crippen LogP) is 4.57. The van der Waals surface area contributed by atoms with Gasteiger partial charge in [0.2, 0.25) is 5.91 Å². The summed E-state index contributed by atoms with van der Waals surface area (Å²) in [6.07, 6.45) is 2.17. The normalized spacial score (nSPS) is 17.2. The molecule has 4 aromatic rings. The maximum atomic E-state index is 13.4. The largest absolute Gasteiger partial charge is 0.383 e. The van der Waals surface area contributed by atoms with Crippen molar-refractivity contribution in [3.05, 3.63) is 64.3 Å². The second kappa shape index (κ2) is 7.99. The van der Waals surface area contributed by atoms with E-state index in [9.17, 15) is 4.79 Å². The molecule has 1 aliphatic rings. The number of thiophene rings is 1. The molecule has 1 amide bonds. The SMILES string of the molecule is CC1(C)NCCN(C(Cc2ccc3c(N)ncnc3c2)c2cc3ccc(Cl)cc3s2)C1=O. The fourth-order valence-corrected chi connectivity index (χ4v) is 5.80. The number of fused-ring (bicyclic) bond motifs is 2. The second-order valence-electron chi connectivity index (χ2n) is 8.71. The van der Waals surface area contributed by atoms with Gasteiger partial charge in [-0.15, -0.1) is 11.3 Å². The van der Waals surface area contributed by atoms with E-state index in [0.717, 1.165) is 38.0 Å². The molecule has 1 aliphatic heterocycles. The molecule has 0 bridgehead atoms. The van der Waals surface area contributed by atoms with Crippen molar-refractivity contribution in [3.8, 4) is 0 Å². The summed E-state index contributed by atoms with van der Waals surface area (Å²) < 4.78 is 1.12. The van der Waals surface area contributed by atoms with Crippen molar-refractivity contribution in [3.63, 3.8) is 0 Å². The number of hydrogen-bond acceptors (Lipinski definition) is 6. The van der Waals surface area contributed by atoms with Crippen molar-refractivity contribution < 1.29 is 4.79 Å². The van der Waals surface area contributed by atoms with Gasteiger partial charge >= 0.3 is 0 Å². The summed E-state index contributed by atoms with van der Waals surface area (Å²) in [5.74, 6) is 0.579. The van der Waals surface area contributed by atoms with Crippen LogP contribution < -0.4 is 11.1 Å². The number of anilines is 1. The highest BCUT2D eigenvalue weighted by Gasteiger charge is 2.39. The Bertz CT molecular complexity index is 1330. The molecule has 32 heavy (non-hydrogen) atoms. The van der Waals surface area contributed by atoms with E-state index in [1.165, 1.54) is 6.33 Å². The van der Waals surface area contributed by atoms with Gasteiger partial charge in [-0.25, -0.2) is 9.97 Å². The van der Waals surface area contributed by atoms with Gasteiger partial charge in [0.15, 0.2) is 0 Å². The molecule has 2 aromatic carbocycles. The van der Waals surface area contributed by atoms with E-state index in [2.05, 4.69) is 27.4 Å². The van der Waals surface area contributed by atoms with Crippen LogP contribution in [-0.4, -0.2) is 39.4 Å². The number of aromatic nitrogens is 2. The molecule has 8 heteroatoms. The van der Waals surface area contributed by atoms with Crippen molar-refractivity contribution in [2.75, 3.05) is 18.8 Å². The lowest BCUT2D eigenvalue weighted by atomic mass is 9.95. The summed E-state index contributed by atoms with van der Waals surface area (Å²) in [4.78, 5) is 25.0. The molecular formula is C24H24ClN5OS. The Labute approximate surface area is 195 Å². The highest BCUT2D eigenvalue weighted by Crippen LogP contribution is 2.37. The summed E-state index contributed by atoms with van der Waals surface area (Å²) in [6.45, 7) is 5.30. The first-order valence-electron chi connectivity index (χ1n) is 10.6. The van der Waals surface area contributed by atoms with Crippen molar-refractivity contribution in [2.45, 2.75) is 31.8 Å². The van der Waals surface area contributed by atoms with Crippen LogP contribution >= 0.6 is 22.9 Å². The Morgan fingerprint density at radius 2 is 2.06 bits per heavy atom. The topological polar surface area (TPSA) is 84.1 Å². The number of hydrogen-bond donors (Lipinski definition) is 2. The van der Waals surface area contributed by atoms with Crippen LogP contribution in [0.4, 0.5) is 5.82 Å². The summed E-state index contributed by atoms with van der Waals surface area (Å²) in [5.41, 5.74) is 7.31. The minimum absolute atomic E-state index is 0.0864. The van der Waals surface area contributed by atoms with Crippen molar-refractivity contribution in [2.24, 2.45) is 0 Å². The Morgan fingerprint density at radius 1 is 1.22 bits per heavy atom. The number of piperazine rings is 1. The Hall–Kier alpha value is -2.74. The lowest BCUT2D eigenvalue weighted by molar-refractivity contribution is -0.142. The van der Waals surface area contributed by atoms with E-state index in [1.54, 1.807) is 11.3 Å². The highest BCUT2D eigenvalue weighted by atomic mass is 35.5. The monoisotopic (exact) mass is 465 g/mol. The first-order valence-corrected chi connectivity index (χ1v) is 11.8. The molecule has 0 radical (unpaired) electrons. The Balaban J connectivity index is 1.58. The maximum Gasteiger partial charge on any atom is 0.242 e. The van der Waals surface area contributed by atoms with Gasteiger partial charge < -0.3 is 16.0 Å². The number of nitrogens with two attached hydrogens (primary N) is 1. The number of amides is 1. The second-order valence-corrected chi connectivity index (χ2v) is 10.3. The van der Waals surface area contributed by atoms with E-state index in [-0.39, 0.29) is 11.9 Å². The van der Waals surface area contributed by atoms with Gasteiger partial charge in [-0.3, -0.25) is 4.79 Å². The molecule has 2 aromatic heterocycles. The Morgan fingerprint density at radius 3 is 2.91 bits per heavy atom. The first kappa shape index (κ1) is 21.1. The number of halogens is 1. The third-order valence-electron chi connectivity index (χ3n) is 6.08. The quantitative estimate of drug-likeness (QED) is 0.461. The number of nitrogens with one attached hydrogen (secondary N) is 1. The van der Waals surface area contributed by atoms with Gasteiger partial charge in [0.1, 0.15) is 12.1 Å². The average Bonchev–Trinajstić information content (AvgIpc) is 3.17. The van der Waals surface area contributed by atoms with E-state index in [1.807, 2.05) is 49.1 Å². The molecule has 164 valence electrons. The highest BCUT2D eigenvalue weighted by molar-refractivity contribution is 7.19. The van der Waals surface area contributed by atoms with Crippen LogP contribution in [0.3, 0.4) is 0 Å². The fourth-order valence-electron chi connectivity index (χ4n) is 4.35. The number of carbonyl (C=O) groups is 1. The van der Waals surface area contributed by atoms with Crippen LogP contribution in [0.2, 0.25) is 5.02 Å². The smallest absolute Gasteiger partial charge is 0.242 e. The molecule has 0 saturated carbocycles. The Kier molecular flexibility index (Phi) is 5.28. The van der Waals surface area contributed by atoms with E-state index >= 15 is 0 Å². The number of nitrogens with zero attached hydrogens (tertiary/aromatic N) is 3. The van der Waals surface area contributed by atoms with Crippen LogP contribution in [0.5, 0.6) is 0 Å². The fraction of sp³-hybridized carbons (Fsp3) is 0.292. The zero-order valence-corrected chi connectivity index (χ0v) is 19.5. The summed E-state index contributed by atoms with van der Waals surface area (Å²) in [6, 6.07) is 14.1. The van der Waals surface area contributed by atoms with Crippen molar-refractivity contribution >= 4 is 55.7 Å². The van der Waals surface area contributed by atoms with E-state index in [0.29, 0.717) is 23.8 Å². The maximum absolute atomic E-state index is 13.4. The van der Waals surface area contributed by atoms with Gasteiger partial charge in [0, 0.05) is 33.1 Å². The third kappa shape index (κ3) is 3.81. The molecule has 1 saturated heterocycles. The van der Waals surface area contributed by atoms with Crippen LogP contribution in [0.1, 0.15) is 30.3 Å². The van der Waals surface area contributed by atoms with Gasteiger partial charge in [-0.2, -0.15) is 0 Å². The molecule has 1 fully saturated rings. The predicted molar refractivity (Wildman–Crippen MR) is 131 cm³/mol. The molecule has 1 unspecified atom stereocenters. The van der Waals surface area contributed by atoms with Crippen molar-refractivity contribution in [1.29, 1.82) is 0 Å². The van der Waals surface area contributed by atoms with Crippen LogP contribution in [0, 0.1) is 0 Å². The molecule has 3 N–H and O–H groups in total. The molecular weight excluding hydrogens is 442 g/mol. The van der Waals surface area contributed by atoms with Crippen LogP contribution in [0.15, 0.2) is 48.8 Å². The minimum atomic E-state index is -0.596. The molecule has 3 heterocycles. The lowest BCUT2D eigenvalue weighted by Crippen LogP contribution is -2.61. The van der Waals surface area contributed by atoms with E-state index < -0.39 is 5.54 Å². The molecule has 0 aliphatic carbocycles. The zero-order valence-electron chi connectivity index (χ0n) is 17.9. The van der Waals surface area contributed by atoms with Crippen LogP contribution in [0.25, 0.3) is 21.0 Å². The third-order valence-corrected chi connectivity index (χ3v) is 7.52. The molecule has 0 spiro atoms. The standard InChI is InChI=1S/C24H24ClN5OS/c1-24(2)23(31)30(8-7-29-24)19(21-11-15-4-5-16(25)12-20(15)32-21)10-14-3-6-17-18(9-14)27-13-28-22(17)26/h3-6,9,11-13,19,29H,7-8,10H2,1-2H3,(H2,26,27,28). The minimum Gasteiger partial charge on any atom is -0.383 e. The van der Waals surface area contributed by atoms with Crippen LogP contribution in [-0.2, 0) is 11.2 Å². The van der Waals surface area contributed by atoms with E-state index in [4.69, 9.17) is 17.3 Å². The molecule has 5 rings (SSSR count). The number of rotatable bonds is 4. The average molecular weight is 466 g/mol. The van der Waals surface area contributed by atoms with Crippen molar-refractivity contribution in [1.82, 2.24) is 20.2 Å². The van der Waals surface area contributed by atoms with Gasteiger partial charge in [0.25, 0.3) is 0 Å². The number of carbonyl (C=O) groups excluding carboxylic acids is 1. The summed E-state index contributed by atoms with van der Waals surface area (Å²) in [5, 5.41) is 6.03. The molecule has 1 atom stereocenters.